The maximum absolute atomic E-state index is 12.9. The molecule has 1 aliphatic rings. The third kappa shape index (κ3) is 2.25. The van der Waals surface area contributed by atoms with Gasteiger partial charge in [0.25, 0.3) is 0 Å². The summed E-state index contributed by atoms with van der Waals surface area (Å²) < 4.78 is 13.8. The first-order valence-electron chi connectivity index (χ1n) is 4.42. The predicted octanol–water partition coefficient (Wildman–Crippen LogP) is 2.66. The average Bonchev–Trinajstić information content (AvgIpc) is 2.52. The molecule has 2 rings (SSSR count). The van der Waals surface area contributed by atoms with Gasteiger partial charge in [0.2, 0.25) is 0 Å². The number of halogens is 1. The van der Waals surface area contributed by atoms with Gasteiger partial charge in [0.15, 0.2) is 0 Å². The summed E-state index contributed by atoms with van der Waals surface area (Å²) >= 11 is 6.86. The highest BCUT2D eigenvalue weighted by Crippen LogP contribution is 2.20. The van der Waals surface area contributed by atoms with Gasteiger partial charge in [-0.25, -0.2) is 4.39 Å². The summed E-state index contributed by atoms with van der Waals surface area (Å²) in [6, 6.07) is 6.68. The molecular formula is C10H10FNS2. The van der Waals surface area contributed by atoms with Crippen molar-refractivity contribution >= 4 is 28.3 Å². The molecule has 0 aliphatic carbocycles. The van der Waals surface area contributed by atoms with Gasteiger partial charge >= 0.3 is 0 Å². The van der Waals surface area contributed by atoms with Gasteiger partial charge in [-0.3, -0.25) is 0 Å². The van der Waals surface area contributed by atoms with Crippen LogP contribution in [-0.2, 0) is 6.54 Å². The first-order chi connectivity index (χ1) is 6.75. The van der Waals surface area contributed by atoms with Crippen LogP contribution in [0.2, 0.25) is 0 Å². The van der Waals surface area contributed by atoms with Crippen LogP contribution < -0.4 is 0 Å². The van der Waals surface area contributed by atoms with Crippen LogP contribution in [0.4, 0.5) is 4.39 Å². The van der Waals surface area contributed by atoms with E-state index in [9.17, 15) is 4.39 Å². The van der Waals surface area contributed by atoms with Gasteiger partial charge in [0.05, 0.1) is 0 Å². The summed E-state index contributed by atoms with van der Waals surface area (Å²) in [4.78, 5) is 2.11. The third-order valence-corrected chi connectivity index (χ3v) is 3.61. The van der Waals surface area contributed by atoms with Gasteiger partial charge < -0.3 is 4.90 Å². The molecule has 0 amide bonds. The van der Waals surface area contributed by atoms with Crippen molar-refractivity contribution in [1.29, 1.82) is 0 Å². The zero-order valence-corrected chi connectivity index (χ0v) is 9.21. The summed E-state index contributed by atoms with van der Waals surface area (Å²) in [5.41, 5.74) is 0.981. The molecule has 1 heterocycles. The SMILES string of the molecule is Fc1cccc(CN2CCSC2=S)c1. The lowest BCUT2D eigenvalue weighted by Gasteiger charge is -2.16. The quantitative estimate of drug-likeness (QED) is 0.715. The predicted molar refractivity (Wildman–Crippen MR) is 61.9 cm³/mol. The van der Waals surface area contributed by atoms with E-state index in [0.29, 0.717) is 0 Å². The van der Waals surface area contributed by atoms with E-state index in [1.807, 2.05) is 6.07 Å². The largest absolute Gasteiger partial charge is 0.352 e. The molecular weight excluding hydrogens is 217 g/mol. The molecule has 0 N–H and O–H groups in total. The molecule has 1 aliphatic heterocycles. The van der Waals surface area contributed by atoms with Crippen molar-refractivity contribution in [2.45, 2.75) is 6.54 Å². The van der Waals surface area contributed by atoms with Crippen molar-refractivity contribution in [1.82, 2.24) is 4.90 Å². The van der Waals surface area contributed by atoms with Crippen molar-refractivity contribution in [3.8, 4) is 0 Å². The summed E-state index contributed by atoms with van der Waals surface area (Å²) in [6.45, 7) is 1.70. The molecule has 0 unspecified atom stereocenters. The van der Waals surface area contributed by atoms with E-state index in [-0.39, 0.29) is 5.82 Å². The molecule has 1 aromatic carbocycles. The van der Waals surface area contributed by atoms with Gasteiger partial charge in [-0.05, 0) is 17.7 Å². The molecule has 14 heavy (non-hydrogen) atoms. The highest BCUT2D eigenvalue weighted by molar-refractivity contribution is 8.23. The Bertz CT molecular complexity index is 354. The van der Waals surface area contributed by atoms with E-state index in [1.165, 1.54) is 6.07 Å². The Balaban J connectivity index is 2.07. The van der Waals surface area contributed by atoms with Crippen LogP contribution in [-0.4, -0.2) is 21.5 Å². The number of thiocarbonyl (C=S) groups is 1. The Morgan fingerprint density at radius 2 is 2.36 bits per heavy atom. The van der Waals surface area contributed by atoms with E-state index in [4.69, 9.17) is 12.2 Å². The lowest BCUT2D eigenvalue weighted by Crippen LogP contribution is -2.22. The van der Waals surface area contributed by atoms with Crippen LogP contribution in [0.5, 0.6) is 0 Å². The molecule has 0 radical (unpaired) electrons. The molecule has 0 bridgehead atoms. The van der Waals surface area contributed by atoms with Crippen molar-refractivity contribution < 1.29 is 4.39 Å². The van der Waals surface area contributed by atoms with E-state index in [1.54, 1.807) is 23.9 Å². The van der Waals surface area contributed by atoms with Crippen LogP contribution in [0.1, 0.15) is 5.56 Å². The monoisotopic (exact) mass is 227 g/mol. The number of thioether (sulfide) groups is 1. The highest BCUT2D eigenvalue weighted by Gasteiger charge is 2.17. The van der Waals surface area contributed by atoms with Gasteiger partial charge in [0.1, 0.15) is 10.1 Å². The number of nitrogens with zero attached hydrogens (tertiary/aromatic N) is 1. The molecule has 0 atom stereocenters. The number of rotatable bonds is 2. The normalized spacial score (nSPS) is 16.4. The topological polar surface area (TPSA) is 3.24 Å². The molecule has 1 nitrogen and oxygen atoms in total. The zero-order valence-electron chi connectivity index (χ0n) is 7.57. The van der Waals surface area contributed by atoms with E-state index < -0.39 is 0 Å². The fraction of sp³-hybridized carbons (Fsp3) is 0.300. The Kier molecular flexibility index (Phi) is 3.03. The third-order valence-electron chi connectivity index (χ3n) is 2.11. The molecule has 0 spiro atoms. The number of hydrogen-bond donors (Lipinski definition) is 0. The van der Waals surface area contributed by atoms with Gasteiger partial charge in [-0.1, -0.05) is 36.1 Å². The molecule has 0 aromatic heterocycles. The van der Waals surface area contributed by atoms with Gasteiger partial charge in [-0.2, -0.15) is 0 Å². The highest BCUT2D eigenvalue weighted by atomic mass is 32.2. The minimum atomic E-state index is -0.180. The standard InChI is InChI=1S/C10H10FNS2/c11-9-3-1-2-8(6-9)7-12-4-5-14-10(12)13/h1-3,6H,4-5,7H2. The Morgan fingerprint density at radius 3 is 3.00 bits per heavy atom. The van der Waals surface area contributed by atoms with Crippen LogP contribution in [0, 0.1) is 5.82 Å². The number of hydrogen-bond acceptors (Lipinski definition) is 2. The first kappa shape index (κ1) is 9.93. The smallest absolute Gasteiger partial charge is 0.136 e. The van der Waals surface area contributed by atoms with Crippen molar-refractivity contribution in [3.05, 3.63) is 35.6 Å². The Labute approximate surface area is 92.3 Å². The lowest BCUT2D eigenvalue weighted by atomic mass is 10.2. The second-order valence-electron chi connectivity index (χ2n) is 3.17. The fourth-order valence-corrected chi connectivity index (χ4v) is 2.66. The number of benzene rings is 1. The van der Waals surface area contributed by atoms with Crippen LogP contribution in [0.25, 0.3) is 0 Å². The maximum Gasteiger partial charge on any atom is 0.136 e. The minimum absolute atomic E-state index is 0.180. The van der Waals surface area contributed by atoms with E-state index in [2.05, 4.69) is 4.90 Å². The van der Waals surface area contributed by atoms with E-state index in [0.717, 1.165) is 28.7 Å². The van der Waals surface area contributed by atoms with Gasteiger partial charge in [0, 0.05) is 18.8 Å². The van der Waals surface area contributed by atoms with E-state index >= 15 is 0 Å². The van der Waals surface area contributed by atoms with Crippen LogP contribution >= 0.6 is 24.0 Å². The Morgan fingerprint density at radius 1 is 1.50 bits per heavy atom. The fourth-order valence-electron chi connectivity index (χ4n) is 1.43. The average molecular weight is 227 g/mol. The summed E-state index contributed by atoms with van der Waals surface area (Å²) in [5.74, 6) is 0.869. The van der Waals surface area contributed by atoms with Crippen molar-refractivity contribution in [2.24, 2.45) is 0 Å². The van der Waals surface area contributed by atoms with Gasteiger partial charge in [-0.15, -0.1) is 0 Å². The Hall–Kier alpha value is -0.610. The second-order valence-corrected chi connectivity index (χ2v) is 4.89. The molecule has 0 saturated carbocycles. The molecule has 1 fully saturated rings. The summed E-state index contributed by atoms with van der Waals surface area (Å²) in [6.07, 6.45) is 0. The first-order valence-corrected chi connectivity index (χ1v) is 5.81. The summed E-state index contributed by atoms with van der Waals surface area (Å²) in [7, 11) is 0. The minimum Gasteiger partial charge on any atom is -0.352 e. The second kappa shape index (κ2) is 4.28. The zero-order chi connectivity index (χ0) is 9.97. The lowest BCUT2D eigenvalue weighted by molar-refractivity contribution is 0.462. The maximum atomic E-state index is 12.9. The van der Waals surface area contributed by atoms with Crippen LogP contribution in [0.15, 0.2) is 24.3 Å². The van der Waals surface area contributed by atoms with Crippen molar-refractivity contribution in [3.63, 3.8) is 0 Å². The summed E-state index contributed by atoms with van der Waals surface area (Å²) in [5, 5.41) is 0. The molecule has 1 aromatic rings. The molecule has 74 valence electrons. The van der Waals surface area contributed by atoms with Crippen LogP contribution in [0.3, 0.4) is 0 Å². The van der Waals surface area contributed by atoms with Crippen molar-refractivity contribution in [2.75, 3.05) is 12.3 Å². The molecule has 1 saturated heterocycles. The molecule has 4 heteroatoms.